The van der Waals surface area contributed by atoms with Gasteiger partial charge in [0.1, 0.15) is 6.04 Å². The van der Waals surface area contributed by atoms with Crippen LogP contribution in [0.3, 0.4) is 0 Å². The summed E-state index contributed by atoms with van der Waals surface area (Å²) in [6, 6.07) is 5.73. The van der Waals surface area contributed by atoms with E-state index in [0.717, 1.165) is 37.2 Å². The Morgan fingerprint density at radius 1 is 1.61 bits per heavy atom. The summed E-state index contributed by atoms with van der Waals surface area (Å²) in [6.07, 6.45) is 2.59. The van der Waals surface area contributed by atoms with Crippen molar-refractivity contribution in [3.63, 3.8) is 0 Å². The minimum Gasteiger partial charge on any atom is -0.480 e. The Balaban J connectivity index is 2.25. The van der Waals surface area contributed by atoms with Crippen LogP contribution in [0.15, 0.2) is 18.2 Å². The number of hydrogen-bond donors (Lipinski definition) is 1. The lowest BCUT2D eigenvalue weighted by Crippen LogP contribution is -2.38. The van der Waals surface area contributed by atoms with Gasteiger partial charge in [0.15, 0.2) is 0 Å². The van der Waals surface area contributed by atoms with Crippen LogP contribution in [0.1, 0.15) is 43.6 Å². The second kappa shape index (κ2) is 5.48. The molecule has 18 heavy (non-hydrogen) atoms. The molecule has 1 fully saturated rings. The van der Waals surface area contributed by atoms with Crippen LogP contribution in [0, 0.1) is 6.92 Å². The van der Waals surface area contributed by atoms with Crippen molar-refractivity contribution in [1.82, 2.24) is 9.88 Å². The summed E-state index contributed by atoms with van der Waals surface area (Å²) in [6.45, 7) is 4.91. The molecule has 0 bridgehead atoms. The van der Waals surface area contributed by atoms with E-state index in [1.165, 1.54) is 0 Å². The van der Waals surface area contributed by atoms with E-state index in [4.69, 9.17) is 0 Å². The van der Waals surface area contributed by atoms with Gasteiger partial charge in [0.25, 0.3) is 0 Å². The average molecular weight is 248 g/mol. The van der Waals surface area contributed by atoms with Crippen molar-refractivity contribution in [3.8, 4) is 0 Å². The lowest BCUT2D eigenvalue weighted by molar-refractivity contribution is -0.143. The van der Waals surface area contributed by atoms with Gasteiger partial charge in [-0.05, 0) is 44.9 Å². The van der Waals surface area contributed by atoms with Crippen LogP contribution >= 0.6 is 0 Å². The molecule has 1 aliphatic heterocycles. The first-order valence-corrected chi connectivity index (χ1v) is 6.55. The fourth-order valence-electron chi connectivity index (χ4n) is 2.79. The summed E-state index contributed by atoms with van der Waals surface area (Å²) in [5.74, 6) is -0.710. The molecule has 0 aromatic carbocycles. The highest BCUT2D eigenvalue weighted by Crippen LogP contribution is 2.31. The number of nitrogens with zero attached hydrogens (tertiary/aromatic N) is 2. The minimum absolute atomic E-state index is 0.119. The van der Waals surface area contributed by atoms with Crippen molar-refractivity contribution in [1.29, 1.82) is 0 Å². The zero-order chi connectivity index (χ0) is 13.1. The van der Waals surface area contributed by atoms with E-state index in [2.05, 4.69) is 16.8 Å². The normalized spacial score (nSPS) is 22.0. The van der Waals surface area contributed by atoms with E-state index >= 15 is 0 Å². The third-order valence-electron chi connectivity index (χ3n) is 3.62. The van der Waals surface area contributed by atoms with Gasteiger partial charge in [-0.3, -0.25) is 14.7 Å². The van der Waals surface area contributed by atoms with E-state index in [9.17, 15) is 9.90 Å². The van der Waals surface area contributed by atoms with E-state index in [1.807, 2.05) is 25.1 Å². The fraction of sp³-hybridized carbons (Fsp3) is 0.571. The summed E-state index contributed by atoms with van der Waals surface area (Å²) in [5, 5.41) is 9.27. The summed E-state index contributed by atoms with van der Waals surface area (Å²) >= 11 is 0. The molecule has 0 spiro atoms. The number of hydrogen-bond acceptors (Lipinski definition) is 3. The molecule has 0 aliphatic carbocycles. The summed E-state index contributed by atoms with van der Waals surface area (Å²) in [7, 11) is 0. The van der Waals surface area contributed by atoms with Gasteiger partial charge in [-0.25, -0.2) is 0 Å². The second-order valence-corrected chi connectivity index (χ2v) is 4.86. The molecular formula is C14H20N2O2. The van der Waals surface area contributed by atoms with Crippen molar-refractivity contribution in [2.75, 3.05) is 6.54 Å². The molecule has 2 rings (SSSR count). The van der Waals surface area contributed by atoms with Crippen molar-refractivity contribution >= 4 is 5.97 Å². The number of likely N-dealkylation sites (tertiary alicyclic amines) is 1. The standard InChI is InChI=1S/C14H20N2O2/c1-3-12(11-7-4-6-10(2)15-11)16-9-5-8-13(16)14(17)18/h4,6-7,12-13H,3,5,8-9H2,1-2H3,(H,17,18). The zero-order valence-electron chi connectivity index (χ0n) is 11.0. The molecule has 1 aromatic rings. The van der Waals surface area contributed by atoms with Crippen molar-refractivity contribution < 1.29 is 9.90 Å². The summed E-state index contributed by atoms with van der Waals surface area (Å²) in [5.41, 5.74) is 1.97. The van der Waals surface area contributed by atoms with Crippen LogP contribution < -0.4 is 0 Å². The van der Waals surface area contributed by atoms with Gasteiger partial charge in [0.05, 0.1) is 11.7 Å². The third kappa shape index (κ3) is 2.53. The van der Waals surface area contributed by atoms with Gasteiger partial charge in [0, 0.05) is 5.69 Å². The number of aromatic nitrogens is 1. The SMILES string of the molecule is CCC(c1cccc(C)n1)N1CCCC1C(=O)O. The number of pyridine rings is 1. The van der Waals surface area contributed by atoms with Crippen LogP contribution in [-0.4, -0.2) is 33.5 Å². The fourth-order valence-corrected chi connectivity index (χ4v) is 2.79. The van der Waals surface area contributed by atoms with Gasteiger partial charge >= 0.3 is 5.97 Å². The third-order valence-corrected chi connectivity index (χ3v) is 3.62. The lowest BCUT2D eigenvalue weighted by Gasteiger charge is -2.30. The average Bonchev–Trinajstić information content (AvgIpc) is 2.79. The monoisotopic (exact) mass is 248 g/mol. The smallest absolute Gasteiger partial charge is 0.320 e. The van der Waals surface area contributed by atoms with E-state index in [-0.39, 0.29) is 12.1 Å². The predicted octanol–water partition coefficient (Wildman–Crippen LogP) is 2.39. The molecule has 0 saturated carbocycles. The number of aryl methyl sites for hydroxylation is 1. The molecule has 2 heterocycles. The van der Waals surface area contributed by atoms with E-state index < -0.39 is 5.97 Å². The molecule has 0 radical (unpaired) electrons. The van der Waals surface area contributed by atoms with Gasteiger partial charge in [0.2, 0.25) is 0 Å². The maximum Gasteiger partial charge on any atom is 0.320 e. The maximum atomic E-state index is 11.3. The van der Waals surface area contributed by atoms with Gasteiger partial charge < -0.3 is 5.11 Å². The Labute approximate surface area is 108 Å². The number of carboxylic acids is 1. The largest absolute Gasteiger partial charge is 0.480 e. The van der Waals surface area contributed by atoms with Crippen molar-refractivity contribution in [3.05, 3.63) is 29.6 Å². The number of carboxylic acid groups (broad SMARTS) is 1. The number of carbonyl (C=O) groups is 1. The topological polar surface area (TPSA) is 53.4 Å². The van der Waals surface area contributed by atoms with Gasteiger partial charge in [-0.15, -0.1) is 0 Å². The minimum atomic E-state index is -0.710. The first-order chi connectivity index (χ1) is 8.63. The quantitative estimate of drug-likeness (QED) is 0.889. The first-order valence-electron chi connectivity index (χ1n) is 6.55. The Hall–Kier alpha value is -1.42. The molecule has 1 N–H and O–H groups in total. The van der Waals surface area contributed by atoms with Crippen LogP contribution in [0.2, 0.25) is 0 Å². The van der Waals surface area contributed by atoms with Gasteiger partial charge in [-0.2, -0.15) is 0 Å². The highest BCUT2D eigenvalue weighted by Gasteiger charge is 2.35. The van der Waals surface area contributed by atoms with Crippen molar-refractivity contribution in [2.24, 2.45) is 0 Å². The highest BCUT2D eigenvalue weighted by atomic mass is 16.4. The molecule has 2 unspecified atom stereocenters. The molecular weight excluding hydrogens is 228 g/mol. The number of aliphatic carboxylic acids is 1. The molecule has 98 valence electrons. The Kier molecular flexibility index (Phi) is 3.97. The Morgan fingerprint density at radius 2 is 2.39 bits per heavy atom. The predicted molar refractivity (Wildman–Crippen MR) is 69.4 cm³/mol. The molecule has 1 saturated heterocycles. The maximum absolute atomic E-state index is 11.3. The summed E-state index contributed by atoms with van der Waals surface area (Å²) in [4.78, 5) is 17.9. The number of rotatable bonds is 4. The van der Waals surface area contributed by atoms with Gasteiger partial charge in [-0.1, -0.05) is 13.0 Å². The van der Waals surface area contributed by atoms with Crippen LogP contribution in [0.4, 0.5) is 0 Å². The molecule has 2 atom stereocenters. The summed E-state index contributed by atoms with van der Waals surface area (Å²) < 4.78 is 0. The zero-order valence-corrected chi connectivity index (χ0v) is 11.0. The van der Waals surface area contributed by atoms with E-state index in [0.29, 0.717) is 0 Å². The first kappa shape index (κ1) is 13.0. The molecule has 4 nitrogen and oxygen atoms in total. The lowest BCUT2D eigenvalue weighted by atomic mass is 10.1. The van der Waals surface area contributed by atoms with Crippen LogP contribution in [0.5, 0.6) is 0 Å². The molecule has 4 heteroatoms. The Bertz CT molecular complexity index is 434. The van der Waals surface area contributed by atoms with Crippen molar-refractivity contribution in [2.45, 2.75) is 45.2 Å². The molecule has 1 aliphatic rings. The van der Waals surface area contributed by atoms with E-state index in [1.54, 1.807) is 0 Å². The highest BCUT2D eigenvalue weighted by molar-refractivity contribution is 5.73. The Morgan fingerprint density at radius 3 is 3.00 bits per heavy atom. The van der Waals surface area contributed by atoms with Crippen LogP contribution in [-0.2, 0) is 4.79 Å². The van der Waals surface area contributed by atoms with Crippen LogP contribution in [0.25, 0.3) is 0 Å². The molecule has 1 aromatic heterocycles. The second-order valence-electron chi connectivity index (χ2n) is 4.86. The molecule has 0 amide bonds.